The Hall–Kier alpha value is -1.39. The summed E-state index contributed by atoms with van der Waals surface area (Å²) < 4.78 is 0. The van der Waals surface area contributed by atoms with Crippen LogP contribution in [0.5, 0.6) is 0 Å². The van der Waals surface area contributed by atoms with Gasteiger partial charge in [0.15, 0.2) is 0 Å². The van der Waals surface area contributed by atoms with E-state index in [4.69, 9.17) is 0 Å². The van der Waals surface area contributed by atoms with E-state index in [0.29, 0.717) is 6.04 Å². The third-order valence-electron chi connectivity index (χ3n) is 3.04. The predicted octanol–water partition coefficient (Wildman–Crippen LogP) is 3.36. The number of nitrogens with zero attached hydrogens (tertiary/aromatic N) is 2. The molecule has 0 amide bonds. The number of hydrogen-bond donors (Lipinski definition) is 1. The molecule has 0 saturated carbocycles. The van der Waals surface area contributed by atoms with Crippen LogP contribution in [-0.4, -0.2) is 16.2 Å². The van der Waals surface area contributed by atoms with Gasteiger partial charge in [-0.05, 0) is 43.9 Å². The van der Waals surface area contributed by atoms with Crippen LogP contribution in [0.4, 0.5) is 0 Å². The van der Waals surface area contributed by atoms with Gasteiger partial charge in [0.1, 0.15) is 5.82 Å². The third kappa shape index (κ3) is 4.04. The molecule has 100 valence electrons. The Morgan fingerprint density at radius 3 is 2.58 bits per heavy atom. The average Bonchev–Trinajstić information content (AvgIpc) is 2.45. The lowest BCUT2D eigenvalue weighted by molar-refractivity contribution is 0.566. The molecule has 0 spiro atoms. The van der Waals surface area contributed by atoms with Gasteiger partial charge < -0.3 is 5.32 Å². The number of hydrogen-bond acceptors (Lipinski definition) is 4. The molecule has 4 heteroatoms. The van der Waals surface area contributed by atoms with Gasteiger partial charge in [-0.15, -0.1) is 11.8 Å². The average molecular weight is 273 g/mol. The summed E-state index contributed by atoms with van der Waals surface area (Å²) in [6.45, 7) is 4.84. The summed E-state index contributed by atoms with van der Waals surface area (Å²) in [6.07, 6.45) is 3.89. The molecule has 2 aromatic rings. The van der Waals surface area contributed by atoms with Crippen molar-refractivity contribution in [2.75, 3.05) is 6.26 Å². The second-order valence-corrected chi connectivity index (χ2v) is 5.35. The van der Waals surface area contributed by atoms with Crippen LogP contribution in [0.25, 0.3) is 0 Å². The van der Waals surface area contributed by atoms with E-state index in [1.807, 2.05) is 13.0 Å². The van der Waals surface area contributed by atoms with Crippen LogP contribution in [-0.2, 0) is 6.54 Å². The van der Waals surface area contributed by atoms with Crippen molar-refractivity contribution in [3.8, 4) is 0 Å². The lowest BCUT2D eigenvalue weighted by Crippen LogP contribution is -2.19. The van der Waals surface area contributed by atoms with Gasteiger partial charge in [-0.3, -0.25) is 0 Å². The Labute approximate surface area is 118 Å². The molecule has 0 aliphatic rings. The van der Waals surface area contributed by atoms with Crippen molar-refractivity contribution in [3.63, 3.8) is 0 Å². The maximum atomic E-state index is 4.39. The molecule has 1 aromatic heterocycles. The highest BCUT2D eigenvalue weighted by molar-refractivity contribution is 7.98. The van der Waals surface area contributed by atoms with Crippen molar-refractivity contribution in [3.05, 3.63) is 53.6 Å². The molecule has 1 heterocycles. The van der Waals surface area contributed by atoms with Crippen LogP contribution in [0.15, 0.2) is 41.4 Å². The summed E-state index contributed by atoms with van der Waals surface area (Å²) >= 11 is 1.76. The zero-order valence-electron chi connectivity index (χ0n) is 11.6. The SMILES string of the molecule is CSc1ccc(C(C)NCc2ccnc(C)n2)cc1. The largest absolute Gasteiger partial charge is 0.305 e. The predicted molar refractivity (Wildman–Crippen MR) is 80.2 cm³/mol. The van der Waals surface area contributed by atoms with E-state index in [1.165, 1.54) is 10.5 Å². The lowest BCUT2D eigenvalue weighted by Gasteiger charge is -2.14. The molecule has 0 aliphatic carbocycles. The minimum absolute atomic E-state index is 0.311. The maximum Gasteiger partial charge on any atom is 0.125 e. The standard InChI is InChI=1S/C15H19N3S/c1-11(13-4-6-15(19-3)7-5-13)17-10-14-8-9-16-12(2)18-14/h4-9,11,17H,10H2,1-3H3. The normalized spacial score (nSPS) is 12.4. The van der Waals surface area contributed by atoms with E-state index in [2.05, 4.69) is 52.7 Å². The number of benzene rings is 1. The lowest BCUT2D eigenvalue weighted by atomic mass is 10.1. The quantitative estimate of drug-likeness (QED) is 0.848. The van der Waals surface area contributed by atoms with Crippen molar-refractivity contribution >= 4 is 11.8 Å². The van der Waals surface area contributed by atoms with Crippen molar-refractivity contribution in [1.82, 2.24) is 15.3 Å². The van der Waals surface area contributed by atoms with Gasteiger partial charge in [0.25, 0.3) is 0 Å². The van der Waals surface area contributed by atoms with Crippen molar-refractivity contribution in [1.29, 1.82) is 0 Å². The fraction of sp³-hybridized carbons (Fsp3) is 0.333. The van der Waals surface area contributed by atoms with Crippen LogP contribution < -0.4 is 5.32 Å². The number of rotatable bonds is 5. The summed E-state index contributed by atoms with van der Waals surface area (Å²) in [4.78, 5) is 9.79. The molecule has 1 N–H and O–H groups in total. The van der Waals surface area contributed by atoms with Crippen molar-refractivity contribution < 1.29 is 0 Å². The van der Waals surface area contributed by atoms with Gasteiger partial charge >= 0.3 is 0 Å². The first kappa shape index (κ1) is 14.0. The molecule has 0 radical (unpaired) electrons. The summed E-state index contributed by atoms with van der Waals surface area (Å²) in [6, 6.07) is 10.9. The Kier molecular flexibility index (Phi) is 4.93. The second kappa shape index (κ2) is 6.68. The van der Waals surface area contributed by atoms with Gasteiger partial charge in [0.2, 0.25) is 0 Å². The first-order valence-electron chi connectivity index (χ1n) is 6.35. The molecule has 0 saturated heterocycles. The fourth-order valence-corrected chi connectivity index (χ4v) is 2.28. The Balaban J connectivity index is 1.95. The van der Waals surface area contributed by atoms with Crippen LogP contribution in [0.3, 0.4) is 0 Å². The molecular weight excluding hydrogens is 254 g/mol. The molecule has 1 atom stereocenters. The first-order valence-corrected chi connectivity index (χ1v) is 7.57. The van der Waals surface area contributed by atoms with Gasteiger partial charge in [0.05, 0.1) is 5.69 Å². The van der Waals surface area contributed by atoms with E-state index in [0.717, 1.165) is 18.1 Å². The number of nitrogens with one attached hydrogen (secondary N) is 1. The van der Waals surface area contributed by atoms with Gasteiger partial charge in [0, 0.05) is 23.7 Å². The summed E-state index contributed by atoms with van der Waals surface area (Å²) in [5, 5.41) is 3.48. The zero-order valence-corrected chi connectivity index (χ0v) is 12.4. The molecule has 0 aliphatic heterocycles. The fourth-order valence-electron chi connectivity index (χ4n) is 1.87. The first-order chi connectivity index (χ1) is 9.19. The summed E-state index contributed by atoms with van der Waals surface area (Å²) in [5.41, 5.74) is 2.32. The second-order valence-electron chi connectivity index (χ2n) is 4.47. The summed E-state index contributed by atoms with van der Waals surface area (Å²) in [7, 11) is 0. The highest BCUT2D eigenvalue weighted by Gasteiger charge is 2.05. The highest BCUT2D eigenvalue weighted by atomic mass is 32.2. The number of aryl methyl sites for hydroxylation is 1. The highest BCUT2D eigenvalue weighted by Crippen LogP contribution is 2.19. The van der Waals surface area contributed by atoms with Gasteiger partial charge in [-0.1, -0.05) is 12.1 Å². The molecular formula is C15H19N3S. The molecule has 0 bridgehead atoms. The van der Waals surface area contributed by atoms with Crippen LogP contribution in [0.1, 0.15) is 30.0 Å². The molecule has 1 aromatic carbocycles. The van der Waals surface area contributed by atoms with Gasteiger partial charge in [-0.25, -0.2) is 9.97 Å². The van der Waals surface area contributed by atoms with E-state index in [-0.39, 0.29) is 0 Å². The van der Waals surface area contributed by atoms with Crippen LogP contribution in [0.2, 0.25) is 0 Å². The van der Waals surface area contributed by atoms with E-state index in [9.17, 15) is 0 Å². The Morgan fingerprint density at radius 2 is 1.95 bits per heavy atom. The Morgan fingerprint density at radius 1 is 1.21 bits per heavy atom. The number of thioether (sulfide) groups is 1. The number of aromatic nitrogens is 2. The Bertz CT molecular complexity index is 525. The molecule has 1 unspecified atom stereocenters. The summed E-state index contributed by atoms with van der Waals surface area (Å²) in [5.74, 6) is 0.816. The molecule has 19 heavy (non-hydrogen) atoms. The smallest absolute Gasteiger partial charge is 0.125 e. The minimum Gasteiger partial charge on any atom is -0.305 e. The minimum atomic E-state index is 0.311. The van der Waals surface area contributed by atoms with Crippen molar-refractivity contribution in [2.24, 2.45) is 0 Å². The molecule has 2 rings (SSSR count). The van der Waals surface area contributed by atoms with E-state index >= 15 is 0 Å². The third-order valence-corrected chi connectivity index (χ3v) is 3.78. The van der Waals surface area contributed by atoms with Crippen LogP contribution in [0, 0.1) is 6.92 Å². The van der Waals surface area contributed by atoms with E-state index < -0.39 is 0 Å². The van der Waals surface area contributed by atoms with Gasteiger partial charge in [-0.2, -0.15) is 0 Å². The van der Waals surface area contributed by atoms with Crippen molar-refractivity contribution in [2.45, 2.75) is 31.3 Å². The molecule has 0 fully saturated rings. The van der Waals surface area contributed by atoms with E-state index in [1.54, 1.807) is 18.0 Å². The van der Waals surface area contributed by atoms with Crippen LogP contribution >= 0.6 is 11.8 Å². The zero-order chi connectivity index (χ0) is 13.7. The monoisotopic (exact) mass is 273 g/mol. The molecule has 3 nitrogen and oxygen atoms in total. The topological polar surface area (TPSA) is 37.8 Å². The maximum absolute atomic E-state index is 4.39.